The van der Waals surface area contributed by atoms with Gasteiger partial charge in [0, 0.05) is 42.3 Å². The highest BCUT2D eigenvalue weighted by Crippen LogP contribution is 2.28. The molecule has 0 aliphatic carbocycles. The number of para-hydroxylation sites is 1. The highest BCUT2D eigenvalue weighted by molar-refractivity contribution is 5.79. The molecule has 5 heteroatoms. The van der Waals surface area contributed by atoms with Gasteiger partial charge in [-0.2, -0.15) is 13.2 Å². The van der Waals surface area contributed by atoms with Crippen LogP contribution in [0.5, 0.6) is 0 Å². The highest BCUT2D eigenvalue weighted by atomic mass is 19.4. The Bertz CT molecular complexity index is 580. The van der Waals surface area contributed by atoms with Crippen LogP contribution in [0, 0.1) is 6.07 Å². The van der Waals surface area contributed by atoms with Gasteiger partial charge in [0.25, 0.3) is 0 Å². The molecule has 1 aromatic heterocycles. The fourth-order valence-corrected chi connectivity index (χ4v) is 2.94. The Kier molecular flexibility index (Phi) is 3.46. The van der Waals surface area contributed by atoms with Gasteiger partial charge in [0.2, 0.25) is 0 Å². The second-order valence-corrected chi connectivity index (χ2v) is 5.32. The third-order valence-corrected chi connectivity index (χ3v) is 3.89. The van der Waals surface area contributed by atoms with Crippen molar-refractivity contribution in [2.75, 3.05) is 19.6 Å². The predicted molar refractivity (Wildman–Crippen MR) is 71.5 cm³/mol. The van der Waals surface area contributed by atoms with Crippen LogP contribution < -0.4 is 0 Å². The molecule has 0 atom stereocenters. The Morgan fingerprint density at radius 1 is 1.15 bits per heavy atom. The van der Waals surface area contributed by atoms with E-state index in [4.69, 9.17) is 0 Å². The largest absolute Gasteiger partial charge is 0.401 e. The van der Waals surface area contributed by atoms with Crippen LogP contribution in [0.15, 0.2) is 30.5 Å². The van der Waals surface area contributed by atoms with Crippen molar-refractivity contribution in [3.63, 3.8) is 0 Å². The number of nitrogens with zero attached hydrogens (tertiary/aromatic N) is 2. The highest BCUT2D eigenvalue weighted by Gasteiger charge is 2.32. The maximum absolute atomic E-state index is 12.4. The standard InChI is InChI=1S/C15H16F3N2/c16-15(17,18)11-19-8-6-13(7-9-19)20-10-5-12-3-1-2-4-14(12)20/h1-4,10,13H,6-9,11H2. The zero-order valence-corrected chi connectivity index (χ0v) is 11.0. The summed E-state index contributed by atoms with van der Waals surface area (Å²) < 4.78 is 39.3. The average Bonchev–Trinajstić information content (AvgIpc) is 2.82. The van der Waals surface area contributed by atoms with E-state index in [0.29, 0.717) is 13.1 Å². The number of hydrogen-bond acceptors (Lipinski definition) is 1. The number of benzene rings is 1. The van der Waals surface area contributed by atoms with E-state index in [-0.39, 0.29) is 6.04 Å². The van der Waals surface area contributed by atoms with Gasteiger partial charge in [-0.15, -0.1) is 0 Å². The van der Waals surface area contributed by atoms with Crippen molar-refractivity contribution in [2.24, 2.45) is 0 Å². The van der Waals surface area contributed by atoms with E-state index in [1.165, 1.54) is 4.90 Å². The van der Waals surface area contributed by atoms with Gasteiger partial charge in [0.1, 0.15) is 0 Å². The molecular weight excluding hydrogens is 265 g/mol. The van der Waals surface area contributed by atoms with Crippen LogP contribution in [-0.4, -0.2) is 35.3 Å². The smallest absolute Gasteiger partial charge is 0.344 e. The van der Waals surface area contributed by atoms with Crippen LogP contribution in [-0.2, 0) is 0 Å². The van der Waals surface area contributed by atoms with E-state index < -0.39 is 12.7 Å². The monoisotopic (exact) mass is 281 g/mol. The molecule has 0 saturated carbocycles. The first-order valence-electron chi connectivity index (χ1n) is 6.79. The third-order valence-electron chi connectivity index (χ3n) is 3.89. The predicted octanol–water partition coefficient (Wildman–Crippen LogP) is 3.64. The molecule has 2 heterocycles. The van der Waals surface area contributed by atoms with E-state index in [9.17, 15) is 13.2 Å². The molecule has 0 N–H and O–H groups in total. The number of rotatable bonds is 2. The van der Waals surface area contributed by atoms with Gasteiger partial charge >= 0.3 is 6.18 Å². The summed E-state index contributed by atoms with van der Waals surface area (Å²) in [6, 6.07) is 11.5. The van der Waals surface area contributed by atoms with E-state index in [2.05, 4.69) is 10.6 Å². The van der Waals surface area contributed by atoms with Crippen molar-refractivity contribution in [1.29, 1.82) is 0 Å². The minimum absolute atomic E-state index is 0.274. The quantitative estimate of drug-likeness (QED) is 0.816. The summed E-state index contributed by atoms with van der Waals surface area (Å²) in [5.41, 5.74) is 1.11. The molecule has 107 valence electrons. The second-order valence-electron chi connectivity index (χ2n) is 5.32. The van der Waals surface area contributed by atoms with Gasteiger partial charge in [-0.1, -0.05) is 18.2 Å². The van der Waals surface area contributed by atoms with Crippen LogP contribution in [0.4, 0.5) is 13.2 Å². The normalized spacial score (nSPS) is 18.8. The molecule has 2 aromatic rings. The maximum atomic E-state index is 12.4. The SMILES string of the molecule is FC(F)(F)CN1CCC(n2c[c]c3ccccc32)CC1. The maximum Gasteiger partial charge on any atom is 0.401 e. The summed E-state index contributed by atoms with van der Waals surface area (Å²) in [5.74, 6) is 0. The summed E-state index contributed by atoms with van der Waals surface area (Å²) >= 11 is 0. The summed E-state index contributed by atoms with van der Waals surface area (Å²) in [5, 5.41) is 1.06. The van der Waals surface area contributed by atoms with Crippen LogP contribution in [0.2, 0.25) is 0 Å². The molecular formula is C15H16F3N2. The van der Waals surface area contributed by atoms with E-state index in [0.717, 1.165) is 23.7 Å². The Labute approximate surface area is 115 Å². The molecule has 1 aromatic carbocycles. The van der Waals surface area contributed by atoms with Crippen molar-refractivity contribution in [3.05, 3.63) is 36.5 Å². The topological polar surface area (TPSA) is 8.17 Å². The van der Waals surface area contributed by atoms with Crippen molar-refractivity contribution >= 4 is 10.9 Å². The number of hydrogen-bond donors (Lipinski definition) is 0. The van der Waals surface area contributed by atoms with Crippen molar-refractivity contribution < 1.29 is 13.2 Å². The van der Waals surface area contributed by atoms with Gasteiger partial charge < -0.3 is 4.57 Å². The second kappa shape index (κ2) is 5.13. The summed E-state index contributed by atoms with van der Waals surface area (Å²) in [4.78, 5) is 1.49. The van der Waals surface area contributed by atoms with Gasteiger partial charge in [0.15, 0.2) is 0 Å². The fourth-order valence-electron chi connectivity index (χ4n) is 2.94. The van der Waals surface area contributed by atoms with Crippen molar-refractivity contribution in [1.82, 2.24) is 9.47 Å². The van der Waals surface area contributed by atoms with Crippen LogP contribution in [0.3, 0.4) is 0 Å². The van der Waals surface area contributed by atoms with Gasteiger partial charge in [-0.25, -0.2) is 0 Å². The van der Waals surface area contributed by atoms with E-state index in [1.54, 1.807) is 0 Å². The van der Waals surface area contributed by atoms with Gasteiger partial charge in [0.05, 0.1) is 6.54 Å². The van der Waals surface area contributed by atoms with Gasteiger partial charge in [-0.05, 0) is 18.9 Å². The minimum Gasteiger partial charge on any atom is -0.344 e. The summed E-state index contributed by atoms with van der Waals surface area (Å²) in [6.07, 6.45) is -0.666. The van der Waals surface area contributed by atoms with Crippen LogP contribution >= 0.6 is 0 Å². The minimum atomic E-state index is -4.10. The first kappa shape index (κ1) is 13.5. The zero-order chi connectivity index (χ0) is 14.2. The summed E-state index contributed by atoms with van der Waals surface area (Å²) in [6.45, 7) is 0.200. The molecule has 1 fully saturated rings. The number of fused-ring (bicyclic) bond motifs is 1. The third kappa shape index (κ3) is 2.82. The molecule has 0 bridgehead atoms. The molecule has 20 heavy (non-hydrogen) atoms. The lowest BCUT2D eigenvalue weighted by atomic mass is 10.0. The Hall–Kier alpha value is -1.49. The summed E-state index contributed by atoms with van der Waals surface area (Å²) in [7, 11) is 0. The first-order chi connectivity index (χ1) is 9.53. The molecule has 2 nitrogen and oxygen atoms in total. The van der Waals surface area contributed by atoms with Crippen molar-refractivity contribution in [3.8, 4) is 0 Å². The average molecular weight is 281 g/mol. The molecule has 1 aliphatic heterocycles. The van der Waals surface area contributed by atoms with Crippen LogP contribution in [0.25, 0.3) is 10.9 Å². The lowest BCUT2D eigenvalue weighted by Gasteiger charge is -2.33. The van der Waals surface area contributed by atoms with Gasteiger partial charge in [-0.3, -0.25) is 4.90 Å². The Morgan fingerprint density at radius 3 is 2.55 bits per heavy atom. The van der Waals surface area contributed by atoms with Crippen molar-refractivity contribution in [2.45, 2.75) is 25.1 Å². The molecule has 1 saturated heterocycles. The molecule has 3 rings (SSSR count). The fraction of sp³-hybridized carbons (Fsp3) is 0.467. The Balaban J connectivity index is 1.69. The number of alkyl halides is 3. The number of halogens is 3. The van der Waals surface area contributed by atoms with E-state index >= 15 is 0 Å². The molecule has 0 spiro atoms. The lowest BCUT2D eigenvalue weighted by Crippen LogP contribution is -2.40. The molecule has 0 amide bonds. The number of likely N-dealkylation sites (tertiary alicyclic amines) is 1. The van der Waals surface area contributed by atoms with Crippen LogP contribution in [0.1, 0.15) is 18.9 Å². The van der Waals surface area contributed by atoms with E-state index in [1.807, 2.05) is 30.5 Å². The number of piperidine rings is 1. The molecule has 1 radical (unpaired) electrons. The zero-order valence-electron chi connectivity index (χ0n) is 11.0. The Morgan fingerprint density at radius 2 is 1.85 bits per heavy atom. The first-order valence-corrected chi connectivity index (χ1v) is 6.79. The molecule has 1 aliphatic rings. The molecule has 0 unspecified atom stereocenters. The lowest BCUT2D eigenvalue weighted by molar-refractivity contribution is -0.148. The number of aromatic nitrogens is 1.